The largest absolute Gasteiger partial charge is 0.480 e. The summed E-state index contributed by atoms with van der Waals surface area (Å²) < 4.78 is 2.66. The number of likely N-dealkylation sites (N-methyl/N-ethyl adjacent to an activating group) is 1. The summed E-state index contributed by atoms with van der Waals surface area (Å²) in [5, 5.41) is 16.2. The standard InChI is InChI=1S/C10H16BrN3O2/c1-5-8(11)6(2)14(13-5)7(3)9(12-4)10(15)16/h7,9,12H,1-4H3,(H,15,16). The molecule has 0 radical (unpaired) electrons. The Morgan fingerprint density at radius 1 is 1.56 bits per heavy atom. The highest BCUT2D eigenvalue weighted by atomic mass is 79.9. The minimum Gasteiger partial charge on any atom is -0.480 e. The lowest BCUT2D eigenvalue weighted by Gasteiger charge is -2.21. The average Bonchev–Trinajstić information content (AvgIpc) is 2.46. The molecule has 0 bridgehead atoms. The molecule has 0 spiro atoms. The number of aryl methyl sites for hydroxylation is 1. The number of rotatable bonds is 4. The fourth-order valence-corrected chi connectivity index (χ4v) is 2.01. The molecule has 0 aliphatic carbocycles. The minimum absolute atomic E-state index is 0.243. The number of carboxylic acid groups (broad SMARTS) is 1. The van der Waals surface area contributed by atoms with Crippen molar-refractivity contribution in [2.45, 2.75) is 32.9 Å². The van der Waals surface area contributed by atoms with Gasteiger partial charge in [0.05, 0.1) is 21.9 Å². The SMILES string of the molecule is CNC(C(=O)O)C(C)n1nc(C)c(Br)c1C. The number of aromatic nitrogens is 2. The van der Waals surface area contributed by atoms with E-state index in [1.807, 2.05) is 20.8 Å². The summed E-state index contributed by atoms with van der Waals surface area (Å²) in [4.78, 5) is 11.0. The van der Waals surface area contributed by atoms with Crippen LogP contribution in [0.5, 0.6) is 0 Å². The average molecular weight is 290 g/mol. The smallest absolute Gasteiger partial charge is 0.322 e. The Labute approximate surface area is 103 Å². The Kier molecular flexibility index (Phi) is 4.09. The second kappa shape index (κ2) is 4.97. The molecule has 2 atom stereocenters. The van der Waals surface area contributed by atoms with Gasteiger partial charge in [-0.2, -0.15) is 5.10 Å². The third-order valence-corrected chi connectivity index (χ3v) is 3.83. The van der Waals surface area contributed by atoms with Crippen LogP contribution in [-0.4, -0.2) is 33.9 Å². The van der Waals surface area contributed by atoms with E-state index in [4.69, 9.17) is 5.11 Å². The summed E-state index contributed by atoms with van der Waals surface area (Å²) in [7, 11) is 1.63. The van der Waals surface area contributed by atoms with E-state index >= 15 is 0 Å². The van der Waals surface area contributed by atoms with Gasteiger partial charge in [-0.1, -0.05) is 0 Å². The number of hydrogen-bond donors (Lipinski definition) is 2. The van der Waals surface area contributed by atoms with Gasteiger partial charge in [-0.25, -0.2) is 0 Å². The van der Waals surface area contributed by atoms with E-state index in [0.717, 1.165) is 15.9 Å². The summed E-state index contributed by atoms with van der Waals surface area (Å²) in [6.45, 7) is 5.63. The second-order valence-electron chi connectivity index (χ2n) is 3.77. The summed E-state index contributed by atoms with van der Waals surface area (Å²) in [6, 6.07) is -0.891. The van der Waals surface area contributed by atoms with E-state index < -0.39 is 12.0 Å². The Bertz CT molecular complexity index is 403. The van der Waals surface area contributed by atoms with E-state index in [0.29, 0.717) is 0 Å². The molecule has 0 aliphatic heterocycles. The van der Waals surface area contributed by atoms with Crippen molar-refractivity contribution in [3.63, 3.8) is 0 Å². The molecule has 0 aliphatic rings. The number of carbonyl (C=O) groups is 1. The summed E-state index contributed by atoms with van der Waals surface area (Å²) in [5.41, 5.74) is 1.80. The highest BCUT2D eigenvalue weighted by Gasteiger charge is 2.26. The van der Waals surface area contributed by atoms with Gasteiger partial charge in [-0.05, 0) is 43.7 Å². The lowest BCUT2D eigenvalue weighted by atomic mass is 10.1. The van der Waals surface area contributed by atoms with Crippen molar-refractivity contribution in [3.8, 4) is 0 Å². The number of aliphatic carboxylic acids is 1. The fraction of sp³-hybridized carbons (Fsp3) is 0.600. The van der Waals surface area contributed by atoms with Gasteiger partial charge >= 0.3 is 5.97 Å². The summed E-state index contributed by atoms with van der Waals surface area (Å²) >= 11 is 3.43. The molecule has 0 fully saturated rings. The van der Waals surface area contributed by atoms with E-state index in [9.17, 15) is 4.79 Å². The number of nitrogens with zero attached hydrogens (tertiary/aromatic N) is 2. The van der Waals surface area contributed by atoms with Crippen LogP contribution in [0.1, 0.15) is 24.4 Å². The molecule has 6 heteroatoms. The molecule has 16 heavy (non-hydrogen) atoms. The molecular weight excluding hydrogens is 274 g/mol. The Balaban J connectivity index is 3.08. The lowest BCUT2D eigenvalue weighted by molar-refractivity contribution is -0.140. The minimum atomic E-state index is -0.876. The van der Waals surface area contributed by atoms with Crippen molar-refractivity contribution in [1.29, 1.82) is 0 Å². The van der Waals surface area contributed by atoms with E-state index in [2.05, 4.69) is 26.3 Å². The Morgan fingerprint density at radius 3 is 2.44 bits per heavy atom. The summed E-state index contributed by atoms with van der Waals surface area (Å²) in [6.07, 6.45) is 0. The lowest BCUT2D eigenvalue weighted by Crippen LogP contribution is -2.41. The van der Waals surface area contributed by atoms with Crippen LogP contribution in [0.25, 0.3) is 0 Å². The molecular formula is C10H16BrN3O2. The molecule has 0 amide bonds. The highest BCUT2D eigenvalue weighted by Crippen LogP contribution is 2.24. The molecule has 0 aromatic carbocycles. The topological polar surface area (TPSA) is 67.2 Å². The molecule has 1 heterocycles. The van der Waals surface area contributed by atoms with Crippen LogP contribution in [0.3, 0.4) is 0 Å². The van der Waals surface area contributed by atoms with Crippen molar-refractivity contribution in [2.75, 3.05) is 7.05 Å². The monoisotopic (exact) mass is 289 g/mol. The zero-order valence-corrected chi connectivity index (χ0v) is 11.4. The van der Waals surface area contributed by atoms with Crippen LogP contribution < -0.4 is 5.32 Å². The van der Waals surface area contributed by atoms with Crippen LogP contribution in [0.4, 0.5) is 0 Å². The molecule has 1 rings (SSSR count). The predicted molar refractivity (Wildman–Crippen MR) is 64.6 cm³/mol. The van der Waals surface area contributed by atoms with Crippen LogP contribution in [0.2, 0.25) is 0 Å². The van der Waals surface area contributed by atoms with Crippen molar-refractivity contribution in [2.24, 2.45) is 0 Å². The predicted octanol–water partition coefficient (Wildman–Crippen LogP) is 1.50. The van der Waals surface area contributed by atoms with Crippen LogP contribution in [0, 0.1) is 13.8 Å². The van der Waals surface area contributed by atoms with Crippen LogP contribution >= 0.6 is 15.9 Å². The fourth-order valence-electron chi connectivity index (χ4n) is 1.75. The van der Waals surface area contributed by atoms with E-state index in [-0.39, 0.29) is 6.04 Å². The molecule has 1 aromatic heterocycles. The molecule has 0 saturated heterocycles. The van der Waals surface area contributed by atoms with Gasteiger partial charge in [0.15, 0.2) is 0 Å². The third-order valence-electron chi connectivity index (χ3n) is 2.68. The molecule has 5 nitrogen and oxygen atoms in total. The first-order chi connectivity index (χ1) is 7.40. The maximum absolute atomic E-state index is 11.0. The quantitative estimate of drug-likeness (QED) is 0.881. The molecule has 0 saturated carbocycles. The first kappa shape index (κ1) is 13.2. The zero-order chi connectivity index (χ0) is 12.5. The first-order valence-electron chi connectivity index (χ1n) is 5.01. The highest BCUT2D eigenvalue weighted by molar-refractivity contribution is 9.10. The first-order valence-corrected chi connectivity index (χ1v) is 5.80. The molecule has 90 valence electrons. The summed E-state index contributed by atoms with van der Waals surface area (Å²) in [5.74, 6) is -0.876. The van der Waals surface area contributed by atoms with E-state index in [1.54, 1.807) is 11.7 Å². The number of carboxylic acids is 1. The van der Waals surface area contributed by atoms with Gasteiger partial charge in [0.1, 0.15) is 6.04 Å². The number of nitrogens with one attached hydrogen (secondary N) is 1. The Morgan fingerprint density at radius 2 is 2.12 bits per heavy atom. The van der Waals surface area contributed by atoms with Gasteiger partial charge in [-0.15, -0.1) is 0 Å². The van der Waals surface area contributed by atoms with Gasteiger partial charge in [0.25, 0.3) is 0 Å². The third kappa shape index (κ3) is 2.27. The second-order valence-corrected chi connectivity index (χ2v) is 4.57. The van der Waals surface area contributed by atoms with Crippen molar-refractivity contribution in [3.05, 3.63) is 15.9 Å². The maximum Gasteiger partial charge on any atom is 0.322 e. The van der Waals surface area contributed by atoms with Crippen LogP contribution in [0.15, 0.2) is 4.47 Å². The van der Waals surface area contributed by atoms with Crippen molar-refractivity contribution in [1.82, 2.24) is 15.1 Å². The number of halogens is 1. The van der Waals surface area contributed by atoms with E-state index in [1.165, 1.54) is 0 Å². The molecule has 2 unspecified atom stereocenters. The van der Waals surface area contributed by atoms with Gasteiger partial charge < -0.3 is 10.4 Å². The molecule has 1 aromatic rings. The van der Waals surface area contributed by atoms with Gasteiger partial charge in [0.2, 0.25) is 0 Å². The number of hydrogen-bond acceptors (Lipinski definition) is 3. The Hall–Kier alpha value is -0.880. The normalized spacial score (nSPS) is 14.8. The van der Waals surface area contributed by atoms with Crippen molar-refractivity contribution >= 4 is 21.9 Å². The van der Waals surface area contributed by atoms with Gasteiger partial charge in [0, 0.05) is 0 Å². The zero-order valence-electron chi connectivity index (χ0n) is 9.78. The van der Waals surface area contributed by atoms with Crippen LogP contribution in [-0.2, 0) is 4.79 Å². The molecule has 2 N–H and O–H groups in total. The maximum atomic E-state index is 11.0. The van der Waals surface area contributed by atoms with Gasteiger partial charge in [-0.3, -0.25) is 9.48 Å². The van der Waals surface area contributed by atoms with Crippen molar-refractivity contribution < 1.29 is 9.90 Å².